The maximum absolute atomic E-state index is 13.9. The minimum absolute atomic E-state index is 0.0291. The molecule has 3 heterocycles. The van der Waals surface area contributed by atoms with E-state index in [1.807, 2.05) is 0 Å². The van der Waals surface area contributed by atoms with Gasteiger partial charge < -0.3 is 15.1 Å². The number of carbonyl (C=O) groups is 1. The summed E-state index contributed by atoms with van der Waals surface area (Å²) >= 11 is 0. The number of rotatable bonds is 4. The molecule has 1 N–H and O–H groups in total. The van der Waals surface area contributed by atoms with E-state index in [1.165, 1.54) is 6.33 Å². The van der Waals surface area contributed by atoms with E-state index in [9.17, 15) is 22.4 Å². The smallest absolute Gasteiger partial charge is 0.322 e. The quantitative estimate of drug-likeness (QED) is 0.772. The Labute approximate surface area is 163 Å². The third-order valence-electron chi connectivity index (χ3n) is 5.29. The van der Waals surface area contributed by atoms with E-state index in [4.69, 9.17) is 0 Å². The number of aromatic nitrogens is 4. The fourth-order valence-corrected chi connectivity index (χ4v) is 3.55. The van der Waals surface area contributed by atoms with Gasteiger partial charge in [0.2, 0.25) is 0 Å². The van der Waals surface area contributed by atoms with Crippen molar-refractivity contribution in [1.82, 2.24) is 35.3 Å². The zero-order valence-electron chi connectivity index (χ0n) is 15.3. The van der Waals surface area contributed by atoms with Gasteiger partial charge in [-0.05, 0) is 29.0 Å². The SMILES string of the molecule is O=C(N1CC(NCc2ccc(C(F)(F)F)cc2F)C1)N1CC[C@H](n2cnnn2)C1. The van der Waals surface area contributed by atoms with Crippen LogP contribution < -0.4 is 5.32 Å². The highest BCUT2D eigenvalue weighted by atomic mass is 19.4. The Hall–Kier alpha value is -2.76. The minimum atomic E-state index is -4.57. The summed E-state index contributed by atoms with van der Waals surface area (Å²) in [4.78, 5) is 16.0. The van der Waals surface area contributed by atoms with Crippen LogP contribution in [0.1, 0.15) is 23.6 Å². The number of amides is 2. The molecule has 1 aromatic heterocycles. The Bertz CT molecular complexity index is 867. The molecule has 0 spiro atoms. The molecule has 2 amide bonds. The Morgan fingerprint density at radius 2 is 2.00 bits per heavy atom. The summed E-state index contributed by atoms with van der Waals surface area (Å²) in [7, 11) is 0. The summed E-state index contributed by atoms with van der Waals surface area (Å²) in [5.74, 6) is -0.898. The molecule has 1 aromatic carbocycles. The molecule has 2 aliphatic rings. The number of nitrogens with one attached hydrogen (secondary N) is 1. The van der Waals surface area contributed by atoms with Crippen LogP contribution in [0.15, 0.2) is 24.5 Å². The van der Waals surface area contributed by atoms with Crippen molar-refractivity contribution in [3.05, 3.63) is 41.5 Å². The molecule has 2 aliphatic heterocycles. The van der Waals surface area contributed by atoms with Crippen LogP contribution >= 0.6 is 0 Å². The monoisotopic (exact) mass is 413 g/mol. The zero-order chi connectivity index (χ0) is 20.6. The van der Waals surface area contributed by atoms with Crippen molar-refractivity contribution in [2.75, 3.05) is 26.2 Å². The minimum Gasteiger partial charge on any atom is -0.322 e. The Balaban J connectivity index is 1.23. The number of carbonyl (C=O) groups excluding carboxylic acids is 1. The molecule has 0 unspecified atom stereocenters. The topological polar surface area (TPSA) is 79.2 Å². The number of urea groups is 1. The number of alkyl halides is 3. The fourth-order valence-electron chi connectivity index (χ4n) is 3.55. The molecule has 29 heavy (non-hydrogen) atoms. The lowest BCUT2D eigenvalue weighted by Crippen LogP contribution is -2.62. The van der Waals surface area contributed by atoms with Gasteiger partial charge in [0.15, 0.2) is 0 Å². The summed E-state index contributed by atoms with van der Waals surface area (Å²) < 4.78 is 53.3. The van der Waals surface area contributed by atoms with Gasteiger partial charge in [0.1, 0.15) is 12.1 Å². The molecule has 0 aliphatic carbocycles. The average molecular weight is 413 g/mol. The molecule has 2 fully saturated rings. The van der Waals surface area contributed by atoms with Crippen LogP contribution in [0.5, 0.6) is 0 Å². The molecule has 0 bridgehead atoms. The van der Waals surface area contributed by atoms with Gasteiger partial charge in [-0.1, -0.05) is 6.07 Å². The number of benzene rings is 1. The molecule has 1 atom stereocenters. The first-order chi connectivity index (χ1) is 13.8. The molecule has 4 rings (SSSR count). The summed E-state index contributed by atoms with van der Waals surface area (Å²) in [5.41, 5.74) is -0.851. The second-order valence-corrected chi connectivity index (χ2v) is 7.25. The lowest BCUT2D eigenvalue weighted by atomic mass is 10.1. The second-order valence-electron chi connectivity index (χ2n) is 7.25. The first-order valence-electron chi connectivity index (χ1n) is 9.16. The van der Waals surface area contributed by atoms with Gasteiger partial charge in [-0.25, -0.2) is 13.9 Å². The fraction of sp³-hybridized carbons (Fsp3) is 0.529. The summed E-state index contributed by atoms with van der Waals surface area (Å²) in [5, 5.41) is 14.2. The molecule has 2 aromatic rings. The first kappa shape index (κ1) is 19.6. The van der Waals surface area contributed by atoms with E-state index in [0.29, 0.717) is 32.2 Å². The highest BCUT2D eigenvalue weighted by Gasteiger charge is 2.37. The van der Waals surface area contributed by atoms with E-state index >= 15 is 0 Å². The van der Waals surface area contributed by atoms with Gasteiger partial charge >= 0.3 is 12.2 Å². The van der Waals surface area contributed by atoms with Crippen LogP contribution in [0.3, 0.4) is 0 Å². The van der Waals surface area contributed by atoms with Crippen molar-refractivity contribution in [1.29, 1.82) is 0 Å². The van der Waals surface area contributed by atoms with Crippen molar-refractivity contribution in [2.45, 2.75) is 31.2 Å². The van der Waals surface area contributed by atoms with Crippen LogP contribution in [-0.2, 0) is 12.7 Å². The van der Waals surface area contributed by atoms with Gasteiger partial charge in [0, 0.05) is 44.3 Å². The van der Waals surface area contributed by atoms with Gasteiger partial charge in [0.05, 0.1) is 11.6 Å². The van der Waals surface area contributed by atoms with Gasteiger partial charge in [-0.2, -0.15) is 13.2 Å². The van der Waals surface area contributed by atoms with E-state index in [2.05, 4.69) is 20.8 Å². The maximum atomic E-state index is 13.9. The van der Waals surface area contributed by atoms with Crippen LogP contribution in [-0.4, -0.2) is 68.3 Å². The highest BCUT2D eigenvalue weighted by molar-refractivity contribution is 5.75. The predicted molar refractivity (Wildman–Crippen MR) is 92.0 cm³/mol. The Morgan fingerprint density at radius 1 is 1.21 bits per heavy atom. The molecular formula is C17H19F4N7O. The third kappa shape index (κ3) is 4.16. The van der Waals surface area contributed by atoms with Crippen molar-refractivity contribution in [3.63, 3.8) is 0 Å². The molecule has 8 nitrogen and oxygen atoms in total. The lowest BCUT2D eigenvalue weighted by molar-refractivity contribution is -0.137. The molecule has 0 saturated carbocycles. The maximum Gasteiger partial charge on any atom is 0.416 e. The van der Waals surface area contributed by atoms with Gasteiger partial charge in [0.25, 0.3) is 0 Å². The third-order valence-corrected chi connectivity index (χ3v) is 5.29. The van der Waals surface area contributed by atoms with E-state index in [1.54, 1.807) is 14.5 Å². The standard InChI is InChI=1S/C17H19F4N7O/c18-15-5-12(17(19,20)21)2-1-11(15)6-22-13-7-27(8-13)16(29)26-4-3-14(9-26)28-10-23-24-25-28/h1-2,5,10,13-14,22H,3-4,6-9H2/t14-/m0/s1. The van der Waals surface area contributed by atoms with E-state index < -0.39 is 17.6 Å². The van der Waals surface area contributed by atoms with Crippen molar-refractivity contribution >= 4 is 6.03 Å². The van der Waals surface area contributed by atoms with Crippen LogP contribution in [0.4, 0.5) is 22.4 Å². The Kier molecular flexibility index (Phi) is 5.11. The van der Waals surface area contributed by atoms with Crippen LogP contribution in [0.2, 0.25) is 0 Å². The van der Waals surface area contributed by atoms with Crippen LogP contribution in [0, 0.1) is 5.82 Å². The predicted octanol–water partition coefficient (Wildman–Crippen LogP) is 1.67. The first-order valence-corrected chi connectivity index (χ1v) is 9.16. The molecule has 2 saturated heterocycles. The average Bonchev–Trinajstić information content (AvgIpc) is 3.31. The molecular weight excluding hydrogens is 394 g/mol. The zero-order valence-corrected chi connectivity index (χ0v) is 15.3. The number of halogens is 4. The molecule has 0 radical (unpaired) electrons. The number of hydrogen-bond acceptors (Lipinski definition) is 5. The number of tetrazole rings is 1. The van der Waals surface area contributed by atoms with Gasteiger partial charge in [-0.15, -0.1) is 5.10 Å². The Morgan fingerprint density at radius 3 is 2.66 bits per heavy atom. The summed E-state index contributed by atoms with van der Waals surface area (Å²) in [6.07, 6.45) is -2.26. The molecule has 12 heteroatoms. The second kappa shape index (κ2) is 7.58. The van der Waals surface area contributed by atoms with E-state index in [-0.39, 0.29) is 30.2 Å². The summed E-state index contributed by atoms with van der Waals surface area (Å²) in [6.45, 7) is 2.19. The molecule has 156 valence electrons. The summed E-state index contributed by atoms with van der Waals surface area (Å²) in [6, 6.07) is 2.47. The van der Waals surface area contributed by atoms with Crippen molar-refractivity contribution < 1.29 is 22.4 Å². The van der Waals surface area contributed by atoms with Crippen molar-refractivity contribution in [3.8, 4) is 0 Å². The largest absolute Gasteiger partial charge is 0.416 e. The van der Waals surface area contributed by atoms with Crippen molar-refractivity contribution in [2.24, 2.45) is 0 Å². The lowest BCUT2D eigenvalue weighted by Gasteiger charge is -2.41. The van der Waals surface area contributed by atoms with Crippen LogP contribution in [0.25, 0.3) is 0 Å². The highest BCUT2D eigenvalue weighted by Crippen LogP contribution is 2.30. The van der Waals surface area contributed by atoms with Gasteiger partial charge in [-0.3, -0.25) is 0 Å². The van der Waals surface area contributed by atoms with E-state index in [0.717, 1.165) is 18.6 Å². The number of likely N-dealkylation sites (tertiary alicyclic amines) is 2. The normalized spacial score (nSPS) is 20.2. The number of hydrogen-bond donors (Lipinski definition) is 1. The number of nitrogens with zero attached hydrogens (tertiary/aromatic N) is 6.